The van der Waals surface area contributed by atoms with Gasteiger partial charge in [-0.2, -0.15) is 26.3 Å². The summed E-state index contributed by atoms with van der Waals surface area (Å²) < 4.78 is 4.41. The van der Waals surface area contributed by atoms with Crippen molar-refractivity contribution >= 4 is 43.6 Å². The van der Waals surface area contributed by atoms with E-state index in [4.69, 9.17) is 0 Å². The molecule has 8 nitrogen and oxygen atoms in total. The fourth-order valence-electron chi connectivity index (χ4n) is 10.0. The van der Waals surface area contributed by atoms with E-state index >= 15 is 0 Å². The van der Waals surface area contributed by atoms with Gasteiger partial charge in [-0.25, -0.2) is 0 Å². The topological polar surface area (TPSA) is 142 Å². The van der Waals surface area contributed by atoms with Crippen LogP contribution in [0, 0.1) is 56.7 Å². The largest absolute Gasteiger partial charge is 0.308 e. The van der Waals surface area contributed by atoms with E-state index in [0.717, 1.165) is 99.2 Å². The standard InChI is InChI=1S/C64H34N8/c65-35-40-1-9-44(10-2-40)49-17-21-54-55-22-18-50(45-11-3-41(36-66)4-12-45)30-60(55)71(59(54)29-49)63-33-53(48-25-27-70-28-26-48)34-64(58(63)39-69)72-61-31-51(46-13-5-42(37-67)6-14-46)19-23-56(61)57-24-20-52(32-62(57)72)47-15-7-43(38-68)8-16-47/h1-34H. The molecule has 0 N–H and O–H groups in total. The lowest BCUT2D eigenvalue weighted by molar-refractivity contribution is 1.12. The highest BCUT2D eigenvalue weighted by Gasteiger charge is 2.24. The van der Waals surface area contributed by atoms with Crippen molar-refractivity contribution in [3.8, 4) is 97.4 Å². The predicted octanol–water partition coefficient (Wildman–Crippen LogP) is 15.0. The average Bonchev–Trinajstić information content (AvgIpc) is 3.96. The Morgan fingerprint density at radius 3 is 0.792 bits per heavy atom. The highest BCUT2D eigenvalue weighted by molar-refractivity contribution is 6.13. The van der Waals surface area contributed by atoms with Crippen molar-refractivity contribution in [3.63, 3.8) is 0 Å². The molecule has 0 spiro atoms. The fourth-order valence-corrected chi connectivity index (χ4v) is 10.0. The molecule has 0 unspecified atom stereocenters. The van der Waals surface area contributed by atoms with Crippen molar-refractivity contribution in [2.45, 2.75) is 0 Å². The molecule has 0 aliphatic carbocycles. The molecule has 72 heavy (non-hydrogen) atoms. The van der Waals surface area contributed by atoms with Crippen molar-refractivity contribution in [2.24, 2.45) is 0 Å². The van der Waals surface area contributed by atoms with Gasteiger partial charge in [-0.3, -0.25) is 4.98 Å². The highest BCUT2D eigenvalue weighted by atomic mass is 15.0. The minimum Gasteiger partial charge on any atom is -0.308 e. The van der Waals surface area contributed by atoms with Gasteiger partial charge in [-0.1, -0.05) is 97.1 Å². The molecule has 0 bridgehead atoms. The second-order valence-electron chi connectivity index (χ2n) is 17.6. The number of nitriles is 5. The minimum absolute atomic E-state index is 0.436. The van der Waals surface area contributed by atoms with Gasteiger partial charge in [0.05, 0.1) is 80.0 Å². The fraction of sp³-hybridized carbons (Fsp3) is 0. The number of aromatic nitrogens is 3. The van der Waals surface area contributed by atoms with Crippen LogP contribution in [0.2, 0.25) is 0 Å². The first kappa shape index (κ1) is 42.5. The summed E-state index contributed by atoms with van der Waals surface area (Å²) in [5.41, 5.74) is 16.9. The van der Waals surface area contributed by atoms with Crippen molar-refractivity contribution in [1.29, 1.82) is 26.3 Å². The summed E-state index contributed by atoms with van der Waals surface area (Å²) >= 11 is 0. The van der Waals surface area contributed by atoms with E-state index in [2.05, 4.69) is 129 Å². The normalized spacial score (nSPS) is 11.0. The van der Waals surface area contributed by atoms with Gasteiger partial charge >= 0.3 is 0 Å². The second kappa shape index (κ2) is 17.4. The average molecular weight is 915 g/mol. The molecule has 0 aliphatic heterocycles. The Kier molecular flexibility index (Phi) is 10.3. The second-order valence-corrected chi connectivity index (χ2v) is 17.6. The van der Waals surface area contributed by atoms with Gasteiger partial charge in [0, 0.05) is 33.9 Å². The van der Waals surface area contributed by atoms with Gasteiger partial charge in [-0.05, 0) is 153 Å². The minimum atomic E-state index is 0.436. The first-order valence-corrected chi connectivity index (χ1v) is 23.1. The molecule has 3 heterocycles. The van der Waals surface area contributed by atoms with E-state index in [1.54, 1.807) is 12.4 Å². The van der Waals surface area contributed by atoms with E-state index in [1.807, 2.05) is 109 Å². The molecule has 330 valence electrons. The smallest absolute Gasteiger partial charge is 0.104 e. The summed E-state index contributed by atoms with van der Waals surface area (Å²) in [6.45, 7) is 0. The highest BCUT2D eigenvalue weighted by Crippen LogP contribution is 2.43. The molecule has 12 aromatic rings. The van der Waals surface area contributed by atoms with Crippen LogP contribution in [-0.2, 0) is 0 Å². The molecule has 0 saturated carbocycles. The summed E-state index contributed by atoms with van der Waals surface area (Å²) in [5, 5.41) is 54.3. The van der Waals surface area contributed by atoms with E-state index < -0.39 is 0 Å². The molecule has 8 heteroatoms. The van der Waals surface area contributed by atoms with Gasteiger partial charge < -0.3 is 9.13 Å². The Hall–Kier alpha value is -10.8. The van der Waals surface area contributed by atoms with E-state index in [-0.39, 0.29) is 0 Å². The van der Waals surface area contributed by atoms with Gasteiger partial charge in [0.1, 0.15) is 11.6 Å². The Morgan fingerprint density at radius 2 is 0.528 bits per heavy atom. The molecule has 12 rings (SSSR count). The third kappa shape index (κ3) is 7.17. The quantitative estimate of drug-likeness (QED) is 0.156. The SMILES string of the molecule is N#Cc1ccc(-c2ccc3c4ccc(-c5ccc(C#N)cc5)cc4n(-c4cc(-c5ccncc5)cc(-n5c6cc(-c7ccc(C#N)cc7)ccc6c6ccc(-c7ccc(C#N)cc7)cc65)c4C#N)c3c2)cc1. The number of hydrogen-bond donors (Lipinski definition) is 0. The number of pyridine rings is 1. The molecule has 0 atom stereocenters. The number of nitrogens with zero attached hydrogens (tertiary/aromatic N) is 8. The number of fused-ring (bicyclic) bond motifs is 6. The third-order valence-electron chi connectivity index (χ3n) is 13.6. The Morgan fingerprint density at radius 1 is 0.264 bits per heavy atom. The van der Waals surface area contributed by atoms with Crippen molar-refractivity contribution in [1.82, 2.24) is 14.1 Å². The molecule has 0 radical (unpaired) electrons. The number of hydrogen-bond acceptors (Lipinski definition) is 6. The third-order valence-corrected chi connectivity index (χ3v) is 13.6. The first-order valence-electron chi connectivity index (χ1n) is 23.1. The zero-order valence-corrected chi connectivity index (χ0v) is 38.2. The van der Waals surface area contributed by atoms with Crippen LogP contribution in [-0.4, -0.2) is 14.1 Å². The maximum Gasteiger partial charge on any atom is 0.104 e. The van der Waals surface area contributed by atoms with Crippen LogP contribution in [0.4, 0.5) is 0 Å². The lowest BCUT2D eigenvalue weighted by atomic mass is 10.00. The predicted molar refractivity (Wildman–Crippen MR) is 284 cm³/mol. The van der Waals surface area contributed by atoms with Crippen LogP contribution >= 0.6 is 0 Å². The van der Waals surface area contributed by atoms with E-state index in [0.29, 0.717) is 39.2 Å². The van der Waals surface area contributed by atoms with Crippen LogP contribution in [0.1, 0.15) is 27.8 Å². The zero-order valence-electron chi connectivity index (χ0n) is 38.2. The van der Waals surface area contributed by atoms with Crippen molar-refractivity contribution in [2.75, 3.05) is 0 Å². The summed E-state index contributed by atoms with van der Waals surface area (Å²) in [5.74, 6) is 0. The molecule has 9 aromatic carbocycles. The molecular formula is C64H34N8. The Balaban J connectivity index is 1.20. The molecule has 0 amide bonds. The molecular weight excluding hydrogens is 881 g/mol. The van der Waals surface area contributed by atoms with E-state index in [9.17, 15) is 26.3 Å². The van der Waals surface area contributed by atoms with Crippen molar-refractivity contribution in [3.05, 3.63) is 234 Å². The van der Waals surface area contributed by atoms with Gasteiger partial charge in [0.2, 0.25) is 0 Å². The maximum atomic E-state index is 11.9. The molecule has 0 aliphatic rings. The Labute approximate surface area is 413 Å². The zero-order chi connectivity index (χ0) is 48.9. The van der Waals surface area contributed by atoms with Crippen LogP contribution < -0.4 is 0 Å². The van der Waals surface area contributed by atoms with Gasteiger partial charge in [0.25, 0.3) is 0 Å². The molecule has 0 saturated heterocycles. The summed E-state index contributed by atoms with van der Waals surface area (Å²) in [7, 11) is 0. The first-order chi connectivity index (χ1) is 35.4. The van der Waals surface area contributed by atoms with Crippen molar-refractivity contribution < 1.29 is 0 Å². The van der Waals surface area contributed by atoms with Crippen LogP contribution in [0.5, 0.6) is 0 Å². The summed E-state index contributed by atoms with van der Waals surface area (Å²) in [6.07, 6.45) is 3.55. The van der Waals surface area contributed by atoms with Crippen LogP contribution in [0.3, 0.4) is 0 Å². The van der Waals surface area contributed by atoms with Gasteiger partial charge in [-0.15, -0.1) is 0 Å². The monoisotopic (exact) mass is 914 g/mol. The summed E-state index contributed by atoms with van der Waals surface area (Å²) in [6, 6.07) is 75.6. The number of benzene rings is 9. The van der Waals surface area contributed by atoms with Crippen LogP contribution in [0.15, 0.2) is 207 Å². The number of rotatable bonds is 7. The maximum absolute atomic E-state index is 11.9. The Bertz CT molecular complexity index is 3910. The lowest BCUT2D eigenvalue weighted by Gasteiger charge is -2.19. The molecule has 0 fully saturated rings. The van der Waals surface area contributed by atoms with E-state index in [1.165, 1.54) is 0 Å². The lowest BCUT2D eigenvalue weighted by Crippen LogP contribution is -2.05. The molecule has 3 aromatic heterocycles. The summed E-state index contributed by atoms with van der Waals surface area (Å²) in [4.78, 5) is 4.38. The van der Waals surface area contributed by atoms with Crippen LogP contribution in [0.25, 0.3) is 111 Å². The van der Waals surface area contributed by atoms with Gasteiger partial charge in [0.15, 0.2) is 0 Å².